The molecule has 0 radical (unpaired) electrons. The first kappa shape index (κ1) is 34.7. The summed E-state index contributed by atoms with van der Waals surface area (Å²) in [7, 11) is 0. The summed E-state index contributed by atoms with van der Waals surface area (Å²) in [5, 5.41) is 13.8. The zero-order valence-electron chi connectivity index (χ0n) is 35.3. The number of hydrogen-bond donors (Lipinski definition) is 0. The van der Waals surface area contributed by atoms with Crippen LogP contribution in [0.1, 0.15) is 52.7 Å². The molecule has 0 bridgehead atoms. The molecule has 0 amide bonds. The van der Waals surface area contributed by atoms with E-state index in [1.165, 1.54) is 92.4 Å². The second-order valence-electron chi connectivity index (χ2n) is 19.3. The van der Waals surface area contributed by atoms with Crippen LogP contribution >= 0.6 is 0 Å². The van der Waals surface area contributed by atoms with Crippen LogP contribution in [0.25, 0.3) is 98.0 Å². The molecule has 0 aliphatic heterocycles. The van der Waals surface area contributed by atoms with Crippen molar-refractivity contribution in [3.8, 4) is 0 Å². The van der Waals surface area contributed by atoms with E-state index in [4.69, 9.17) is 4.98 Å². The molecular weight excluding hydrogens is 741 g/mol. The number of para-hydroxylation sites is 2. The van der Waals surface area contributed by atoms with Gasteiger partial charge in [-0.1, -0.05) is 133 Å². The van der Waals surface area contributed by atoms with Crippen molar-refractivity contribution in [1.82, 2.24) is 13.8 Å². The molecular formula is C57H44N4. The average Bonchev–Trinajstić information content (AvgIpc) is 3.99. The minimum atomic E-state index is -0.0804. The monoisotopic (exact) mass is 784 g/mol. The summed E-state index contributed by atoms with van der Waals surface area (Å²) >= 11 is 0. The van der Waals surface area contributed by atoms with E-state index >= 15 is 0 Å². The van der Waals surface area contributed by atoms with E-state index < -0.39 is 0 Å². The lowest BCUT2D eigenvalue weighted by atomic mass is 9.85. The van der Waals surface area contributed by atoms with E-state index in [0.717, 1.165) is 33.7 Å². The van der Waals surface area contributed by atoms with Gasteiger partial charge in [0.2, 0.25) is 0 Å². The van der Waals surface area contributed by atoms with Crippen LogP contribution in [0.4, 0.5) is 17.1 Å². The Bertz CT molecular complexity index is 3890. The standard InChI is InChI=1S/C57H44N4/c1-56(2,3)35-28-41-42-32-47-51(45-31-36(57(4,5)6)29-43-49-39-23-15-13-17-33(39)25-26-46(49)60(47)53(43)45)58-55(42)61-52(41)44(30-35)50-40-24-16-14-18-34(40)27-48(54(50)61)59(37-19-9-7-10-20-37)38-21-11-8-12-22-38/h7-32H,1-6H3. The Morgan fingerprint density at radius 1 is 0.410 bits per heavy atom. The maximum absolute atomic E-state index is 5.94. The van der Waals surface area contributed by atoms with Gasteiger partial charge in [-0.2, -0.15) is 0 Å². The Labute approximate surface area is 353 Å². The quantitative estimate of drug-likeness (QED) is 0.178. The van der Waals surface area contributed by atoms with Crippen LogP contribution in [0.15, 0.2) is 158 Å². The van der Waals surface area contributed by atoms with Gasteiger partial charge in [0.1, 0.15) is 5.65 Å². The van der Waals surface area contributed by atoms with Gasteiger partial charge >= 0.3 is 0 Å². The van der Waals surface area contributed by atoms with Gasteiger partial charge in [0.05, 0.1) is 38.8 Å². The van der Waals surface area contributed by atoms with Gasteiger partial charge in [-0.05, 0) is 110 Å². The summed E-state index contributed by atoms with van der Waals surface area (Å²) in [6, 6.07) is 58.7. The van der Waals surface area contributed by atoms with Crippen LogP contribution in [0, 0.1) is 0 Å². The number of rotatable bonds is 3. The van der Waals surface area contributed by atoms with Gasteiger partial charge in [-0.25, -0.2) is 4.98 Å². The second-order valence-corrected chi connectivity index (χ2v) is 19.3. The van der Waals surface area contributed by atoms with Crippen LogP contribution in [-0.2, 0) is 10.8 Å². The Morgan fingerprint density at radius 3 is 1.61 bits per heavy atom. The molecule has 0 saturated heterocycles. The number of pyridine rings is 1. The Morgan fingerprint density at radius 2 is 0.951 bits per heavy atom. The van der Waals surface area contributed by atoms with Gasteiger partial charge in [0, 0.05) is 49.1 Å². The Hall–Kier alpha value is -7.17. The van der Waals surface area contributed by atoms with Crippen molar-refractivity contribution in [3.05, 3.63) is 169 Å². The lowest BCUT2D eigenvalue weighted by Gasteiger charge is -2.27. The fourth-order valence-electron chi connectivity index (χ4n) is 10.6. The van der Waals surface area contributed by atoms with Gasteiger partial charge in [0.25, 0.3) is 0 Å². The molecule has 4 nitrogen and oxygen atoms in total. The summed E-state index contributed by atoms with van der Waals surface area (Å²) in [5.41, 5.74) is 13.9. The van der Waals surface area contributed by atoms with Crippen molar-refractivity contribution in [1.29, 1.82) is 0 Å². The highest BCUT2D eigenvalue weighted by Gasteiger charge is 2.30. The lowest BCUT2D eigenvalue weighted by Crippen LogP contribution is -2.11. The van der Waals surface area contributed by atoms with Gasteiger partial charge in [-0.15, -0.1) is 0 Å². The van der Waals surface area contributed by atoms with Crippen LogP contribution in [0.3, 0.4) is 0 Å². The first-order valence-corrected chi connectivity index (χ1v) is 21.6. The number of anilines is 3. The molecule has 0 saturated carbocycles. The molecule has 5 aromatic heterocycles. The molecule has 0 aliphatic carbocycles. The number of fused-ring (bicyclic) bond motifs is 16. The molecule has 8 aromatic carbocycles. The molecule has 0 atom stereocenters. The summed E-state index contributed by atoms with van der Waals surface area (Å²) in [6.07, 6.45) is 0. The molecule has 0 unspecified atom stereocenters. The highest BCUT2D eigenvalue weighted by molar-refractivity contribution is 6.33. The first-order chi connectivity index (χ1) is 29.5. The Kier molecular flexibility index (Phi) is 6.69. The van der Waals surface area contributed by atoms with Crippen LogP contribution in [0.2, 0.25) is 0 Å². The third-order valence-electron chi connectivity index (χ3n) is 13.6. The zero-order valence-corrected chi connectivity index (χ0v) is 35.3. The van der Waals surface area contributed by atoms with Crippen molar-refractivity contribution >= 4 is 115 Å². The maximum Gasteiger partial charge on any atom is 0.146 e. The molecule has 13 aromatic rings. The summed E-state index contributed by atoms with van der Waals surface area (Å²) in [5.74, 6) is 0. The van der Waals surface area contributed by atoms with E-state index in [9.17, 15) is 0 Å². The number of benzene rings is 8. The molecule has 5 heterocycles. The summed E-state index contributed by atoms with van der Waals surface area (Å²) < 4.78 is 5.04. The van der Waals surface area contributed by atoms with Crippen LogP contribution in [0.5, 0.6) is 0 Å². The van der Waals surface area contributed by atoms with Crippen LogP contribution < -0.4 is 4.90 Å². The van der Waals surface area contributed by atoms with E-state index in [2.05, 4.69) is 213 Å². The molecule has 4 heteroatoms. The van der Waals surface area contributed by atoms with Gasteiger partial charge < -0.3 is 9.30 Å². The number of nitrogens with zero attached hydrogens (tertiary/aromatic N) is 4. The largest absolute Gasteiger partial charge is 0.308 e. The van der Waals surface area contributed by atoms with E-state index in [1.54, 1.807) is 0 Å². The van der Waals surface area contributed by atoms with E-state index in [-0.39, 0.29) is 10.8 Å². The number of hydrogen-bond acceptors (Lipinski definition) is 2. The second kappa shape index (κ2) is 11.8. The summed E-state index contributed by atoms with van der Waals surface area (Å²) in [6.45, 7) is 14.0. The molecule has 0 fully saturated rings. The third kappa shape index (κ3) is 4.62. The van der Waals surface area contributed by atoms with Gasteiger partial charge in [-0.3, -0.25) is 4.40 Å². The molecule has 13 rings (SSSR count). The smallest absolute Gasteiger partial charge is 0.146 e. The predicted molar refractivity (Wildman–Crippen MR) is 261 cm³/mol. The van der Waals surface area contributed by atoms with Crippen molar-refractivity contribution in [3.63, 3.8) is 0 Å². The minimum Gasteiger partial charge on any atom is -0.308 e. The fraction of sp³-hybridized carbons (Fsp3) is 0.140. The minimum absolute atomic E-state index is 0.0557. The van der Waals surface area contributed by atoms with Crippen molar-refractivity contribution in [2.24, 2.45) is 0 Å². The normalized spacial score (nSPS) is 13.1. The number of aromatic nitrogens is 3. The highest BCUT2D eigenvalue weighted by Crippen LogP contribution is 2.51. The van der Waals surface area contributed by atoms with Gasteiger partial charge in [0.15, 0.2) is 0 Å². The van der Waals surface area contributed by atoms with E-state index in [1.807, 2.05) is 0 Å². The topological polar surface area (TPSA) is 24.9 Å². The highest BCUT2D eigenvalue weighted by atomic mass is 15.2. The molecule has 0 spiro atoms. The molecule has 0 aliphatic rings. The SMILES string of the molecule is CC(C)(C)c1cc2c3nc4c(cc3n3c5ccc6ccccc6c5c(c1)c23)c1cc(C(C)(C)C)cc2c3c5ccccc5cc(N(c5ccccc5)c5ccccc5)c3n4c12. The third-order valence-corrected chi connectivity index (χ3v) is 13.6. The predicted octanol–water partition coefficient (Wildman–Crippen LogP) is 15.8. The average molecular weight is 785 g/mol. The molecule has 61 heavy (non-hydrogen) atoms. The first-order valence-electron chi connectivity index (χ1n) is 21.6. The zero-order chi connectivity index (χ0) is 41.1. The maximum atomic E-state index is 5.94. The molecule has 292 valence electrons. The van der Waals surface area contributed by atoms with Crippen molar-refractivity contribution in [2.45, 2.75) is 52.4 Å². The van der Waals surface area contributed by atoms with Crippen molar-refractivity contribution < 1.29 is 0 Å². The lowest BCUT2D eigenvalue weighted by molar-refractivity contribution is 0.591. The summed E-state index contributed by atoms with van der Waals surface area (Å²) in [4.78, 5) is 8.38. The Balaban J connectivity index is 1.28. The van der Waals surface area contributed by atoms with E-state index in [0.29, 0.717) is 0 Å². The van der Waals surface area contributed by atoms with Crippen LogP contribution in [-0.4, -0.2) is 13.8 Å². The molecule has 0 N–H and O–H groups in total. The van der Waals surface area contributed by atoms with Crippen molar-refractivity contribution in [2.75, 3.05) is 4.90 Å². The fourth-order valence-corrected chi connectivity index (χ4v) is 10.6.